The topological polar surface area (TPSA) is 69.1 Å². The van der Waals surface area contributed by atoms with E-state index in [2.05, 4.69) is 12.1 Å². The summed E-state index contributed by atoms with van der Waals surface area (Å²) in [6, 6.07) is 15.5. The van der Waals surface area contributed by atoms with Gasteiger partial charge in [0.2, 0.25) is 5.91 Å². The molecule has 0 spiro atoms. The van der Waals surface area contributed by atoms with Crippen LogP contribution in [0.4, 0.5) is 0 Å². The highest BCUT2D eigenvalue weighted by atomic mass is 16.1. The molecule has 0 aromatic heterocycles. The summed E-state index contributed by atoms with van der Waals surface area (Å²) in [7, 11) is 0. The third-order valence-corrected chi connectivity index (χ3v) is 2.91. The number of hydrogen-bond donors (Lipinski definition) is 2. The highest BCUT2D eigenvalue weighted by Crippen LogP contribution is 2.24. The van der Waals surface area contributed by atoms with Gasteiger partial charge in [0.05, 0.1) is 0 Å². The van der Waals surface area contributed by atoms with Crippen LogP contribution in [0.25, 0.3) is 11.1 Å². The first-order valence-corrected chi connectivity index (χ1v) is 5.90. The Morgan fingerprint density at radius 1 is 1.00 bits per heavy atom. The first kappa shape index (κ1) is 12.3. The Kier molecular flexibility index (Phi) is 3.75. The van der Waals surface area contributed by atoms with Crippen LogP contribution < -0.4 is 11.5 Å². The van der Waals surface area contributed by atoms with Crippen LogP contribution >= 0.6 is 0 Å². The first-order valence-electron chi connectivity index (χ1n) is 5.90. The average molecular weight is 240 g/mol. The molecule has 0 unspecified atom stereocenters. The lowest BCUT2D eigenvalue weighted by molar-refractivity contribution is 0.100. The van der Waals surface area contributed by atoms with Gasteiger partial charge in [-0.2, -0.15) is 0 Å². The molecule has 3 nitrogen and oxygen atoms in total. The minimum Gasteiger partial charge on any atom is -0.366 e. The number of nitrogens with two attached hydrogens (primary N) is 2. The fourth-order valence-corrected chi connectivity index (χ4v) is 1.99. The van der Waals surface area contributed by atoms with Crippen molar-refractivity contribution in [2.75, 3.05) is 6.54 Å². The highest BCUT2D eigenvalue weighted by Gasteiger charge is 2.05. The molecule has 0 heterocycles. The molecule has 0 aliphatic heterocycles. The molecule has 2 aromatic carbocycles. The summed E-state index contributed by atoms with van der Waals surface area (Å²) in [5, 5.41) is 0. The van der Waals surface area contributed by atoms with Crippen molar-refractivity contribution in [1.29, 1.82) is 0 Å². The van der Waals surface area contributed by atoms with Crippen LogP contribution in [-0.2, 0) is 6.42 Å². The van der Waals surface area contributed by atoms with Crippen LogP contribution in [0, 0.1) is 0 Å². The van der Waals surface area contributed by atoms with E-state index >= 15 is 0 Å². The molecule has 3 heteroatoms. The Morgan fingerprint density at radius 2 is 1.67 bits per heavy atom. The molecule has 0 aliphatic rings. The SMILES string of the molecule is NCCc1ccccc1-c1ccc(C(N)=O)cc1. The molecule has 92 valence electrons. The van der Waals surface area contributed by atoms with Gasteiger partial charge in [-0.25, -0.2) is 0 Å². The van der Waals surface area contributed by atoms with Crippen LogP contribution in [0.3, 0.4) is 0 Å². The zero-order valence-electron chi connectivity index (χ0n) is 10.1. The third-order valence-electron chi connectivity index (χ3n) is 2.91. The number of rotatable bonds is 4. The maximum atomic E-state index is 11.0. The largest absolute Gasteiger partial charge is 0.366 e. The van der Waals surface area contributed by atoms with Gasteiger partial charge in [-0.3, -0.25) is 4.79 Å². The lowest BCUT2D eigenvalue weighted by Gasteiger charge is -2.09. The highest BCUT2D eigenvalue weighted by molar-refractivity contribution is 5.93. The van der Waals surface area contributed by atoms with Crippen molar-refractivity contribution in [2.45, 2.75) is 6.42 Å². The summed E-state index contributed by atoms with van der Waals surface area (Å²) < 4.78 is 0. The van der Waals surface area contributed by atoms with E-state index in [0.29, 0.717) is 12.1 Å². The van der Waals surface area contributed by atoms with Gasteiger partial charge in [-0.1, -0.05) is 36.4 Å². The number of primary amides is 1. The van der Waals surface area contributed by atoms with Crippen LogP contribution in [-0.4, -0.2) is 12.5 Å². The normalized spacial score (nSPS) is 10.3. The lowest BCUT2D eigenvalue weighted by Crippen LogP contribution is -2.10. The van der Waals surface area contributed by atoms with E-state index in [4.69, 9.17) is 11.5 Å². The van der Waals surface area contributed by atoms with Crippen molar-refractivity contribution in [1.82, 2.24) is 0 Å². The van der Waals surface area contributed by atoms with Gasteiger partial charge < -0.3 is 11.5 Å². The smallest absolute Gasteiger partial charge is 0.248 e. The number of hydrogen-bond acceptors (Lipinski definition) is 2. The fourth-order valence-electron chi connectivity index (χ4n) is 1.99. The zero-order chi connectivity index (χ0) is 13.0. The maximum absolute atomic E-state index is 11.0. The Balaban J connectivity index is 2.39. The van der Waals surface area contributed by atoms with Gasteiger partial charge in [-0.05, 0) is 41.8 Å². The molecule has 0 radical (unpaired) electrons. The van der Waals surface area contributed by atoms with Crippen molar-refractivity contribution in [2.24, 2.45) is 11.5 Å². The molecule has 2 aromatic rings. The predicted molar refractivity (Wildman–Crippen MR) is 73.2 cm³/mol. The second kappa shape index (κ2) is 5.47. The summed E-state index contributed by atoms with van der Waals surface area (Å²) in [5.41, 5.74) is 14.8. The molecule has 0 atom stereocenters. The number of carbonyl (C=O) groups excluding carboxylic acids is 1. The van der Waals surface area contributed by atoms with E-state index in [1.54, 1.807) is 12.1 Å². The number of carbonyl (C=O) groups is 1. The van der Waals surface area contributed by atoms with Crippen LogP contribution in [0.1, 0.15) is 15.9 Å². The van der Waals surface area contributed by atoms with Crippen LogP contribution in [0.15, 0.2) is 48.5 Å². The third kappa shape index (κ3) is 2.57. The maximum Gasteiger partial charge on any atom is 0.248 e. The predicted octanol–water partition coefficient (Wildman–Crippen LogP) is 1.95. The van der Waals surface area contributed by atoms with Crippen molar-refractivity contribution in [3.05, 3.63) is 59.7 Å². The lowest BCUT2D eigenvalue weighted by atomic mass is 9.97. The minimum absolute atomic E-state index is 0.406. The molecular formula is C15H16N2O. The van der Waals surface area contributed by atoms with Gasteiger partial charge in [0, 0.05) is 5.56 Å². The molecule has 1 amide bonds. The van der Waals surface area contributed by atoms with Gasteiger partial charge in [0.25, 0.3) is 0 Å². The first-order chi connectivity index (χ1) is 8.72. The summed E-state index contributed by atoms with van der Waals surface area (Å²) in [4.78, 5) is 11.0. The zero-order valence-corrected chi connectivity index (χ0v) is 10.1. The quantitative estimate of drug-likeness (QED) is 0.857. The molecular weight excluding hydrogens is 224 g/mol. The van der Waals surface area contributed by atoms with Gasteiger partial charge in [0.15, 0.2) is 0 Å². The van der Waals surface area contributed by atoms with E-state index in [-0.39, 0.29) is 0 Å². The molecule has 0 saturated carbocycles. The van der Waals surface area contributed by atoms with E-state index < -0.39 is 5.91 Å². The van der Waals surface area contributed by atoms with Crippen molar-refractivity contribution in [3.8, 4) is 11.1 Å². The van der Waals surface area contributed by atoms with E-state index in [9.17, 15) is 4.79 Å². The van der Waals surface area contributed by atoms with Crippen molar-refractivity contribution < 1.29 is 4.79 Å². The van der Waals surface area contributed by atoms with E-state index in [1.165, 1.54) is 5.56 Å². The molecule has 18 heavy (non-hydrogen) atoms. The van der Waals surface area contributed by atoms with E-state index in [0.717, 1.165) is 17.5 Å². The second-order valence-electron chi connectivity index (χ2n) is 4.14. The molecule has 0 bridgehead atoms. The van der Waals surface area contributed by atoms with Crippen molar-refractivity contribution in [3.63, 3.8) is 0 Å². The standard InChI is InChI=1S/C15H16N2O/c16-10-9-11-3-1-2-4-14(11)12-5-7-13(8-6-12)15(17)18/h1-8H,9-10,16H2,(H2,17,18). The summed E-state index contributed by atoms with van der Waals surface area (Å²) in [5.74, 6) is -0.406. The van der Waals surface area contributed by atoms with E-state index in [1.807, 2.05) is 24.3 Å². The Morgan fingerprint density at radius 3 is 2.28 bits per heavy atom. The van der Waals surface area contributed by atoms with Gasteiger partial charge in [-0.15, -0.1) is 0 Å². The Bertz CT molecular complexity index is 547. The number of benzene rings is 2. The number of amides is 1. The summed E-state index contributed by atoms with van der Waals surface area (Å²) in [6.45, 7) is 0.621. The molecule has 4 N–H and O–H groups in total. The second-order valence-corrected chi connectivity index (χ2v) is 4.14. The van der Waals surface area contributed by atoms with Crippen LogP contribution in [0.2, 0.25) is 0 Å². The minimum atomic E-state index is -0.406. The summed E-state index contributed by atoms with van der Waals surface area (Å²) >= 11 is 0. The molecule has 0 aliphatic carbocycles. The van der Waals surface area contributed by atoms with Gasteiger partial charge in [0.1, 0.15) is 0 Å². The fraction of sp³-hybridized carbons (Fsp3) is 0.133. The average Bonchev–Trinajstić information content (AvgIpc) is 2.40. The molecule has 0 saturated heterocycles. The summed E-state index contributed by atoms with van der Waals surface area (Å²) in [6.07, 6.45) is 0.841. The Labute approximate surface area is 106 Å². The Hall–Kier alpha value is -2.13. The van der Waals surface area contributed by atoms with Crippen LogP contribution in [0.5, 0.6) is 0 Å². The van der Waals surface area contributed by atoms with Gasteiger partial charge >= 0.3 is 0 Å². The van der Waals surface area contributed by atoms with Crippen molar-refractivity contribution >= 4 is 5.91 Å². The monoisotopic (exact) mass is 240 g/mol. The molecule has 2 rings (SSSR count). The molecule has 0 fully saturated rings.